The molecule has 5 heteroatoms. The van der Waals surface area contributed by atoms with Crippen LogP contribution in [0.4, 0.5) is 0 Å². The molecule has 1 amide bonds. The fourth-order valence-corrected chi connectivity index (χ4v) is 3.36. The van der Waals surface area contributed by atoms with Crippen molar-refractivity contribution in [3.63, 3.8) is 0 Å². The summed E-state index contributed by atoms with van der Waals surface area (Å²) in [5.74, 6) is 1.38. The molecular weight excluding hydrogens is 314 g/mol. The van der Waals surface area contributed by atoms with Crippen LogP contribution >= 0.6 is 0 Å². The van der Waals surface area contributed by atoms with Gasteiger partial charge in [-0.15, -0.1) is 0 Å². The number of hydrogen-bond acceptors (Lipinski definition) is 4. The molecular formula is C20H27N3O2. The first kappa shape index (κ1) is 17.6. The highest BCUT2D eigenvalue weighted by atomic mass is 16.5. The van der Waals surface area contributed by atoms with Crippen LogP contribution in [0.2, 0.25) is 0 Å². The molecule has 0 radical (unpaired) electrons. The fourth-order valence-electron chi connectivity index (χ4n) is 3.36. The van der Waals surface area contributed by atoms with Gasteiger partial charge in [-0.3, -0.25) is 4.79 Å². The minimum atomic E-state index is -0.0645. The normalized spacial score (nSPS) is 17.2. The van der Waals surface area contributed by atoms with E-state index in [1.54, 1.807) is 0 Å². The molecule has 1 aromatic carbocycles. The molecule has 2 aromatic rings. The maximum absolute atomic E-state index is 12.5. The zero-order valence-corrected chi connectivity index (χ0v) is 15.2. The standard InChI is InChI=1S/C20H27N3O2/c1-3-4-5-6-9-18(24)23-14-7-8-17(23)20-21-19(22-25-20)16-12-10-15(2)11-13-16/h10-13,17H,3-9,14H2,1-2H3. The Morgan fingerprint density at radius 2 is 2.04 bits per heavy atom. The van der Waals surface area contributed by atoms with Gasteiger partial charge >= 0.3 is 0 Å². The number of carbonyl (C=O) groups is 1. The molecule has 1 atom stereocenters. The van der Waals surface area contributed by atoms with Crippen molar-refractivity contribution in [2.75, 3.05) is 6.54 Å². The van der Waals surface area contributed by atoms with Gasteiger partial charge in [0.05, 0.1) is 0 Å². The van der Waals surface area contributed by atoms with Crippen LogP contribution in [0, 0.1) is 6.92 Å². The Morgan fingerprint density at radius 1 is 1.24 bits per heavy atom. The van der Waals surface area contributed by atoms with E-state index < -0.39 is 0 Å². The number of nitrogens with zero attached hydrogens (tertiary/aromatic N) is 3. The lowest BCUT2D eigenvalue weighted by Gasteiger charge is -2.21. The van der Waals surface area contributed by atoms with E-state index in [2.05, 4.69) is 17.1 Å². The Labute approximate surface area is 149 Å². The molecule has 1 saturated heterocycles. The maximum Gasteiger partial charge on any atom is 0.249 e. The van der Waals surface area contributed by atoms with Crippen molar-refractivity contribution in [1.82, 2.24) is 15.0 Å². The third-order valence-corrected chi connectivity index (χ3v) is 4.85. The highest BCUT2D eigenvalue weighted by molar-refractivity contribution is 5.76. The number of likely N-dealkylation sites (tertiary alicyclic amines) is 1. The quantitative estimate of drug-likeness (QED) is 0.686. The number of benzene rings is 1. The summed E-state index contributed by atoms with van der Waals surface area (Å²) in [7, 11) is 0. The molecule has 3 rings (SSSR count). The van der Waals surface area contributed by atoms with Crippen LogP contribution in [0.5, 0.6) is 0 Å². The smallest absolute Gasteiger partial charge is 0.249 e. The van der Waals surface area contributed by atoms with E-state index in [9.17, 15) is 4.79 Å². The molecule has 25 heavy (non-hydrogen) atoms. The maximum atomic E-state index is 12.5. The summed E-state index contributed by atoms with van der Waals surface area (Å²) in [5.41, 5.74) is 2.14. The third-order valence-electron chi connectivity index (χ3n) is 4.85. The Balaban J connectivity index is 1.66. The van der Waals surface area contributed by atoms with Crippen LogP contribution in [0.15, 0.2) is 28.8 Å². The fraction of sp³-hybridized carbons (Fsp3) is 0.550. The van der Waals surface area contributed by atoms with Crippen molar-refractivity contribution in [2.45, 2.75) is 64.8 Å². The Hall–Kier alpha value is -2.17. The number of carbonyl (C=O) groups excluding carboxylic acids is 1. The van der Waals surface area contributed by atoms with E-state index in [1.165, 1.54) is 18.4 Å². The summed E-state index contributed by atoms with van der Waals surface area (Å²) >= 11 is 0. The molecule has 1 unspecified atom stereocenters. The average molecular weight is 341 g/mol. The lowest BCUT2D eigenvalue weighted by Crippen LogP contribution is -2.30. The summed E-state index contributed by atoms with van der Waals surface area (Å²) in [6, 6.07) is 8.00. The molecule has 5 nitrogen and oxygen atoms in total. The Morgan fingerprint density at radius 3 is 2.80 bits per heavy atom. The molecule has 1 fully saturated rings. The minimum absolute atomic E-state index is 0.0645. The molecule has 0 bridgehead atoms. The lowest BCUT2D eigenvalue weighted by molar-refractivity contribution is -0.132. The summed E-state index contributed by atoms with van der Waals surface area (Å²) in [6.45, 7) is 5.02. The highest BCUT2D eigenvalue weighted by Gasteiger charge is 2.33. The van der Waals surface area contributed by atoms with Crippen molar-refractivity contribution < 1.29 is 9.32 Å². The second kappa shape index (κ2) is 8.28. The van der Waals surface area contributed by atoms with Crippen LogP contribution in [-0.4, -0.2) is 27.5 Å². The first-order valence-corrected chi connectivity index (χ1v) is 9.39. The monoisotopic (exact) mass is 341 g/mol. The van der Waals surface area contributed by atoms with E-state index in [4.69, 9.17) is 4.52 Å². The van der Waals surface area contributed by atoms with Crippen LogP contribution in [0.1, 0.15) is 69.4 Å². The summed E-state index contributed by atoms with van der Waals surface area (Å²) in [5, 5.41) is 4.12. The van der Waals surface area contributed by atoms with E-state index in [1.807, 2.05) is 36.1 Å². The molecule has 0 aliphatic carbocycles. The van der Waals surface area contributed by atoms with Crippen LogP contribution in [0.25, 0.3) is 11.4 Å². The highest BCUT2D eigenvalue weighted by Crippen LogP contribution is 2.32. The first-order chi connectivity index (χ1) is 12.2. The van der Waals surface area contributed by atoms with E-state index in [-0.39, 0.29) is 11.9 Å². The largest absolute Gasteiger partial charge is 0.337 e. The van der Waals surface area contributed by atoms with Gasteiger partial charge in [0, 0.05) is 18.5 Å². The summed E-state index contributed by atoms with van der Waals surface area (Å²) in [6.07, 6.45) is 6.98. The number of unbranched alkanes of at least 4 members (excludes halogenated alkanes) is 3. The molecule has 0 N–H and O–H groups in total. The minimum Gasteiger partial charge on any atom is -0.337 e. The first-order valence-electron chi connectivity index (χ1n) is 9.39. The third kappa shape index (κ3) is 4.27. The number of amides is 1. The lowest BCUT2D eigenvalue weighted by atomic mass is 10.1. The van der Waals surface area contributed by atoms with Crippen molar-refractivity contribution in [1.29, 1.82) is 0 Å². The van der Waals surface area contributed by atoms with E-state index in [0.717, 1.165) is 37.8 Å². The molecule has 0 saturated carbocycles. The van der Waals surface area contributed by atoms with Crippen molar-refractivity contribution in [3.05, 3.63) is 35.7 Å². The van der Waals surface area contributed by atoms with Crippen LogP contribution < -0.4 is 0 Å². The number of rotatable bonds is 7. The van der Waals surface area contributed by atoms with Gasteiger partial charge in [-0.05, 0) is 26.2 Å². The van der Waals surface area contributed by atoms with Gasteiger partial charge in [-0.1, -0.05) is 61.2 Å². The van der Waals surface area contributed by atoms with Gasteiger partial charge in [0.1, 0.15) is 6.04 Å². The number of aryl methyl sites for hydroxylation is 1. The predicted molar refractivity (Wildman–Crippen MR) is 96.9 cm³/mol. The van der Waals surface area contributed by atoms with Gasteiger partial charge in [0.2, 0.25) is 17.6 Å². The topological polar surface area (TPSA) is 59.2 Å². The molecule has 0 spiro atoms. The predicted octanol–water partition coefficient (Wildman–Crippen LogP) is 4.68. The Bertz CT molecular complexity index is 693. The van der Waals surface area contributed by atoms with Gasteiger partial charge in [-0.2, -0.15) is 4.98 Å². The van der Waals surface area contributed by atoms with E-state index in [0.29, 0.717) is 18.1 Å². The summed E-state index contributed by atoms with van der Waals surface area (Å²) in [4.78, 5) is 19.0. The van der Waals surface area contributed by atoms with Crippen LogP contribution in [0.3, 0.4) is 0 Å². The van der Waals surface area contributed by atoms with Crippen molar-refractivity contribution in [3.8, 4) is 11.4 Å². The molecule has 1 aromatic heterocycles. The zero-order chi connectivity index (χ0) is 17.6. The number of hydrogen-bond donors (Lipinski definition) is 0. The molecule has 2 heterocycles. The second-order valence-corrected chi connectivity index (χ2v) is 6.88. The Kier molecular flexibility index (Phi) is 5.84. The van der Waals surface area contributed by atoms with Gasteiger partial charge in [0.25, 0.3) is 0 Å². The molecule has 1 aliphatic rings. The van der Waals surface area contributed by atoms with Crippen molar-refractivity contribution >= 4 is 5.91 Å². The van der Waals surface area contributed by atoms with E-state index >= 15 is 0 Å². The van der Waals surface area contributed by atoms with Gasteiger partial charge in [-0.25, -0.2) is 0 Å². The van der Waals surface area contributed by atoms with Crippen LogP contribution in [-0.2, 0) is 4.79 Å². The van der Waals surface area contributed by atoms with Gasteiger partial charge in [0.15, 0.2) is 0 Å². The summed E-state index contributed by atoms with van der Waals surface area (Å²) < 4.78 is 5.50. The SMILES string of the molecule is CCCCCCC(=O)N1CCCC1c1nc(-c2ccc(C)cc2)no1. The average Bonchev–Trinajstić information content (AvgIpc) is 3.28. The molecule has 1 aliphatic heterocycles. The number of aromatic nitrogens is 2. The van der Waals surface area contributed by atoms with Crippen molar-refractivity contribution in [2.24, 2.45) is 0 Å². The zero-order valence-electron chi connectivity index (χ0n) is 15.2. The van der Waals surface area contributed by atoms with Gasteiger partial charge < -0.3 is 9.42 Å². The second-order valence-electron chi connectivity index (χ2n) is 6.88. The molecule has 134 valence electrons.